The van der Waals surface area contributed by atoms with E-state index in [0.717, 1.165) is 31.2 Å². The first-order valence-electron chi connectivity index (χ1n) is 7.65. The van der Waals surface area contributed by atoms with Gasteiger partial charge in [-0.15, -0.1) is 0 Å². The maximum absolute atomic E-state index is 13.9. The fourth-order valence-electron chi connectivity index (χ4n) is 2.14. The summed E-state index contributed by atoms with van der Waals surface area (Å²) in [6.45, 7) is 1.16. The fourth-order valence-corrected chi connectivity index (χ4v) is 2.14. The Hall–Kier alpha value is -3.10. The monoisotopic (exact) mass is 385 g/mol. The Kier molecular flexibility index (Phi) is 6.04. The number of methoxy groups -OCH3 is 1. The van der Waals surface area contributed by atoms with Crippen molar-refractivity contribution in [2.75, 3.05) is 12.4 Å². The fraction of sp³-hybridized carbons (Fsp3) is 0.222. The third-order valence-corrected chi connectivity index (χ3v) is 3.54. The maximum Gasteiger partial charge on any atom is 0.418 e. The van der Waals surface area contributed by atoms with Gasteiger partial charge in [0.2, 0.25) is 0 Å². The molecule has 9 heteroatoms. The molecule has 0 aliphatic carbocycles. The molecule has 2 aromatic rings. The van der Waals surface area contributed by atoms with Gasteiger partial charge in [-0.1, -0.05) is 12.1 Å². The van der Waals surface area contributed by atoms with Gasteiger partial charge in [0, 0.05) is 6.07 Å². The van der Waals surface area contributed by atoms with Gasteiger partial charge in [-0.3, -0.25) is 4.79 Å². The van der Waals surface area contributed by atoms with E-state index in [1.807, 2.05) is 0 Å². The number of hydrogen-bond acceptors (Lipinski definition) is 4. The van der Waals surface area contributed by atoms with Crippen molar-refractivity contribution < 1.29 is 36.6 Å². The molecule has 1 atom stereocenters. The van der Waals surface area contributed by atoms with Crippen LogP contribution in [-0.4, -0.2) is 25.1 Å². The normalized spacial score (nSPS) is 12.2. The molecular weight excluding hydrogens is 370 g/mol. The van der Waals surface area contributed by atoms with E-state index in [-0.39, 0.29) is 5.75 Å². The van der Waals surface area contributed by atoms with Crippen LogP contribution >= 0.6 is 0 Å². The van der Waals surface area contributed by atoms with Crippen LogP contribution in [0.2, 0.25) is 0 Å². The minimum absolute atomic E-state index is 0.179. The number of carbonyl (C=O) groups is 2. The highest BCUT2D eigenvalue weighted by molar-refractivity contribution is 5.98. The van der Waals surface area contributed by atoms with Crippen molar-refractivity contribution in [1.82, 2.24) is 0 Å². The van der Waals surface area contributed by atoms with E-state index in [0.29, 0.717) is 0 Å². The van der Waals surface area contributed by atoms with E-state index in [2.05, 4.69) is 5.32 Å². The van der Waals surface area contributed by atoms with Crippen LogP contribution in [-0.2, 0) is 15.7 Å². The third kappa shape index (κ3) is 4.96. The van der Waals surface area contributed by atoms with Gasteiger partial charge in [-0.05, 0) is 31.2 Å². The first-order chi connectivity index (χ1) is 12.6. The number of benzene rings is 2. The van der Waals surface area contributed by atoms with Crippen LogP contribution in [0.5, 0.6) is 5.75 Å². The zero-order valence-electron chi connectivity index (χ0n) is 14.3. The molecule has 0 saturated carbocycles. The van der Waals surface area contributed by atoms with Gasteiger partial charge in [-0.2, -0.15) is 13.2 Å². The highest BCUT2D eigenvalue weighted by Crippen LogP contribution is 2.34. The van der Waals surface area contributed by atoms with Crippen LogP contribution in [0.3, 0.4) is 0 Å². The van der Waals surface area contributed by atoms with Gasteiger partial charge in [0.15, 0.2) is 6.10 Å². The predicted octanol–water partition coefficient (Wildman–Crippen LogP) is 4.04. The average Bonchev–Trinajstić information content (AvgIpc) is 2.60. The summed E-state index contributed by atoms with van der Waals surface area (Å²) in [5, 5.41) is 2.06. The van der Waals surface area contributed by atoms with Crippen LogP contribution < -0.4 is 10.1 Å². The molecule has 0 aromatic heterocycles. The maximum atomic E-state index is 13.9. The smallest absolute Gasteiger partial charge is 0.418 e. The summed E-state index contributed by atoms with van der Waals surface area (Å²) >= 11 is 0. The molecule has 1 amide bonds. The van der Waals surface area contributed by atoms with Gasteiger partial charge in [0.1, 0.15) is 11.6 Å². The summed E-state index contributed by atoms with van der Waals surface area (Å²) in [5.41, 5.74) is -1.96. The highest BCUT2D eigenvalue weighted by Gasteiger charge is 2.34. The average molecular weight is 385 g/mol. The van der Waals surface area contributed by atoms with E-state index in [4.69, 9.17) is 9.47 Å². The van der Waals surface area contributed by atoms with Crippen molar-refractivity contribution in [1.29, 1.82) is 0 Å². The number of para-hydroxylation sites is 1. The van der Waals surface area contributed by atoms with Gasteiger partial charge in [0.05, 0.1) is 23.9 Å². The van der Waals surface area contributed by atoms with Crippen molar-refractivity contribution in [3.05, 3.63) is 59.4 Å². The van der Waals surface area contributed by atoms with Gasteiger partial charge in [0.25, 0.3) is 5.91 Å². The Morgan fingerprint density at radius 3 is 2.37 bits per heavy atom. The van der Waals surface area contributed by atoms with Crippen molar-refractivity contribution >= 4 is 17.6 Å². The van der Waals surface area contributed by atoms with E-state index in [1.54, 1.807) is 0 Å². The second-order valence-corrected chi connectivity index (χ2v) is 5.43. The number of ether oxygens (including phenoxy) is 2. The molecule has 0 aliphatic heterocycles. The Bertz CT molecular complexity index is 851. The standard InChI is InChI=1S/C18H15F4NO4/c1-10(27-17(25)12-8-7-11(26-2)9-14(12)19)16(24)23-15-6-4-3-5-13(15)18(20,21)22/h3-10H,1-2H3,(H,23,24)/t10-/m0/s1. The lowest BCUT2D eigenvalue weighted by Gasteiger charge is -2.17. The first-order valence-corrected chi connectivity index (χ1v) is 7.65. The molecule has 0 bridgehead atoms. The van der Waals surface area contributed by atoms with Crippen LogP contribution in [0, 0.1) is 5.82 Å². The minimum atomic E-state index is -4.67. The van der Waals surface area contributed by atoms with Crippen LogP contribution in [0.15, 0.2) is 42.5 Å². The van der Waals surface area contributed by atoms with Crippen molar-refractivity contribution in [3.8, 4) is 5.75 Å². The minimum Gasteiger partial charge on any atom is -0.497 e. The van der Waals surface area contributed by atoms with Gasteiger partial charge < -0.3 is 14.8 Å². The van der Waals surface area contributed by atoms with Crippen molar-refractivity contribution in [2.45, 2.75) is 19.2 Å². The first kappa shape index (κ1) is 20.2. The SMILES string of the molecule is COc1ccc(C(=O)O[C@@H](C)C(=O)Nc2ccccc2C(F)(F)F)c(F)c1. The molecular formula is C18H15F4NO4. The van der Waals surface area contributed by atoms with Crippen LogP contribution in [0.25, 0.3) is 0 Å². The lowest BCUT2D eigenvalue weighted by atomic mass is 10.1. The van der Waals surface area contributed by atoms with Gasteiger partial charge >= 0.3 is 12.1 Å². The molecule has 2 rings (SSSR count). The van der Waals surface area contributed by atoms with Crippen molar-refractivity contribution in [3.63, 3.8) is 0 Å². The molecule has 2 aromatic carbocycles. The number of nitrogens with one attached hydrogen (secondary N) is 1. The quantitative estimate of drug-likeness (QED) is 0.623. The number of amides is 1. The molecule has 1 N–H and O–H groups in total. The lowest BCUT2D eigenvalue weighted by molar-refractivity contribution is -0.137. The Balaban J connectivity index is 2.10. The second kappa shape index (κ2) is 8.07. The number of esters is 1. The number of carbonyl (C=O) groups excluding carboxylic acids is 2. The van der Waals surface area contributed by atoms with E-state index in [1.165, 1.54) is 25.3 Å². The van der Waals surface area contributed by atoms with Crippen molar-refractivity contribution in [2.24, 2.45) is 0 Å². The third-order valence-electron chi connectivity index (χ3n) is 3.54. The molecule has 0 spiro atoms. The summed E-state index contributed by atoms with van der Waals surface area (Å²) in [5.74, 6) is -2.87. The summed E-state index contributed by atoms with van der Waals surface area (Å²) < 4.78 is 62.4. The zero-order valence-corrected chi connectivity index (χ0v) is 14.3. The molecule has 144 valence electrons. The highest BCUT2D eigenvalue weighted by atomic mass is 19.4. The zero-order chi connectivity index (χ0) is 20.2. The summed E-state index contributed by atoms with van der Waals surface area (Å²) in [4.78, 5) is 24.1. The molecule has 0 heterocycles. The molecule has 0 fully saturated rings. The summed E-state index contributed by atoms with van der Waals surface area (Å²) in [7, 11) is 1.32. The van der Waals surface area contributed by atoms with Crippen LogP contribution in [0.4, 0.5) is 23.2 Å². The largest absolute Gasteiger partial charge is 0.497 e. The molecule has 0 aliphatic rings. The molecule has 27 heavy (non-hydrogen) atoms. The molecule has 0 saturated heterocycles. The van der Waals surface area contributed by atoms with E-state index in [9.17, 15) is 27.2 Å². The summed E-state index contributed by atoms with van der Waals surface area (Å²) in [6, 6.07) is 7.76. The number of hydrogen-bond donors (Lipinski definition) is 1. The molecule has 5 nitrogen and oxygen atoms in total. The Morgan fingerprint density at radius 1 is 1.11 bits per heavy atom. The Labute approximate surface area is 151 Å². The predicted molar refractivity (Wildman–Crippen MR) is 87.9 cm³/mol. The topological polar surface area (TPSA) is 64.6 Å². The second-order valence-electron chi connectivity index (χ2n) is 5.43. The van der Waals surface area contributed by atoms with E-state index >= 15 is 0 Å². The lowest BCUT2D eigenvalue weighted by Crippen LogP contribution is -2.31. The molecule has 0 unspecified atom stereocenters. The number of alkyl halides is 3. The van der Waals surface area contributed by atoms with E-state index < -0.39 is 46.8 Å². The Morgan fingerprint density at radius 2 is 1.78 bits per heavy atom. The van der Waals surface area contributed by atoms with Gasteiger partial charge in [-0.25, -0.2) is 9.18 Å². The number of rotatable bonds is 5. The molecule has 0 radical (unpaired) electrons. The number of halogens is 4. The number of anilines is 1. The summed E-state index contributed by atoms with van der Waals surface area (Å²) in [6.07, 6.45) is -6.13. The van der Waals surface area contributed by atoms with Crippen LogP contribution in [0.1, 0.15) is 22.8 Å².